The monoisotopic (exact) mass is 424 g/mol. The molecule has 8 heteroatoms. The number of nitrogens with one attached hydrogen (secondary N) is 1. The highest BCUT2D eigenvalue weighted by molar-refractivity contribution is 9.10. The Morgan fingerprint density at radius 2 is 1.91 bits per heavy atom. The van der Waals surface area contributed by atoms with Crippen molar-refractivity contribution in [3.8, 4) is 0 Å². The third kappa shape index (κ3) is 6.10. The molecule has 0 spiro atoms. The minimum atomic E-state index is 0. The summed E-state index contributed by atoms with van der Waals surface area (Å²) in [5.74, 6) is 2.02. The highest BCUT2D eigenvalue weighted by atomic mass is 79.9. The molecule has 1 aromatic rings. The van der Waals surface area contributed by atoms with E-state index in [4.69, 9.17) is 0 Å². The summed E-state index contributed by atoms with van der Waals surface area (Å²) >= 11 is 3.40. The van der Waals surface area contributed by atoms with Crippen molar-refractivity contribution in [2.45, 2.75) is 12.8 Å². The molecular formula is C15H23BrCl2N4O. The Morgan fingerprint density at radius 3 is 2.48 bits per heavy atom. The summed E-state index contributed by atoms with van der Waals surface area (Å²) in [7, 11) is 0. The summed E-state index contributed by atoms with van der Waals surface area (Å²) in [5, 5.41) is 3.27. The van der Waals surface area contributed by atoms with Crippen LogP contribution in [0.5, 0.6) is 0 Å². The quantitative estimate of drug-likeness (QED) is 0.786. The molecule has 1 amide bonds. The molecule has 3 rings (SSSR count). The number of pyridine rings is 1. The third-order valence-corrected chi connectivity index (χ3v) is 4.54. The molecule has 1 aliphatic carbocycles. The molecule has 0 atom stereocenters. The minimum Gasteiger partial charge on any atom is -0.353 e. The molecule has 1 saturated carbocycles. The molecule has 1 aromatic heterocycles. The van der Waals surface area contributed by atoms with Gasteiger partial charge in [-0.25, -0.2) is 4.98 Å². The van der Waals surface area contributed by atoms with E-state index in [1.807, 2.05) is 23.2 Å². The highest BCUT2D eigenvalue weighted by Gasteiger charge is 2.23. The van der Waals surface area contributed by atoms with Crippen molar-refractivity contribution < 1.29 is 4.79 Å². The first-order valence-electron chi connectivity index (χ1n) is 7.57. The van der Waals surface area contributed by atoms with Gasteiger partial charge in [0.1, 0.15) is 5.82 Å². The third-order valence-electron chi connectivity index (χ3n) is 4.07. The van der Waals surface area contributed by atoms with Gasteiger partial charge in [0.2, 0.25) is 5.91 Å². The molecule has 130 valence electrons. The van der Waals surface area contributed by atoms with E-state index in [-0.39, 0.29) is 30.7 Å². The van der Waals surface area contributed by atoms with Gasteiger partial charge in [-0.2, -0.15) is 0 Å². The van der Waals surface area contributed by atoms with Crippen LogP contribution in [0.4, 0.5) is 5.82 Å². The van der Waals surface area contributed by atoms with Crippen molar-refractivity contribution in [2.75, 3.05) is 44.2 Å². The second kappa shape index (κ2) is 9.67. The lowest BCUT2D eigenvalue weighted by atomic mass is 10.3. The van der Waals surface area contributed by atoms with E-state index < -0.39 is 0 Å². The van der Waals surface area contributed by atoms with E-state index >= 15 is 0 Å². The van der Waals surface area contributed by atoms with Gasteiger partial charge in [-0.15, -0.1) is 24.8 Å². The van der Waals surface area contributed by atoms with Crippen molar-refractivity contribution >= 4 is 52.5 Å². The molecular weight excluding hydrogens is 403 g/mol. The molecule has 0 aromatic carbocycles. The molecule has 1 saturated heterocycles. The van der Waals surface area contributed by atoms with Crippen LogP contribution in [-0.2, 0) is 4.79 Å². The number of halogens is 3. The topological polar surface area (TPSA) is 48.5 Å². The zero-order valence-electron chi connectivity index (χ0n) is 12.9. The average molecular weight is 426 g/mol. The Morgan fingerprint density at radius 1 is 1.22 bits per heavy atom. The average Bonchev–Trinajstić information content (AvgIpc) is 3.32. The van der Waals surface area contributed by atoms with Crippen molar-refractivity contribution in [3.05, 3.63) is 22.8 Å². The van der Waals surface area contributed by atoms with Crippen LogP contribution in [0.3, 0.4) is 0 Å². The lowest BCUT2D eigenvalue weighted by Gasteiger charge is -2.35. The van der Waals surface area contributed by atoms with Crippen LogP contribution < -0.4 is 10.2 Å². The van der Waals surface area contributed by atoms with Crippen LogP contribution in [0.25, 0.3) is 0 Å². The van der Waals surface area contributed by atoms with Gasteiger partial charge >= 0.3 is 0 Å². The number of hydrogen-bond donors (Lipinski definition) is 1. The van der Waals surface area contributed by atoms with Gasteiger partial charge in [0.05, 0.1) is 6.54 Å². The smallest absolute Gasteiger partial charge is 0.236 e. The van der Waals surface area contributed by atoms with Crippen LogP contribution in [0.1, 0.15) is 12.8 Å². The van der Waals surface area contributed by atoms with Crippen molar-refractivity contribution in [1.82, 2.24) is 15.2 Å². The number of nitrogens with zero attached hydrogens (tertiary/aromatic N) is 3. The Balaban J connectivity index is 0.00000132. The van der Waals surface area contributed by atoms with E-state index in [1.54, 1.807) is 0 Å². The van der Waals surface area contributed by atoms with E-state index in [0.29, 0.717) is 6.54 Å². The van der Waals surface area contributed by atoms with Gasteiger partial charge in [0, 0.05) is 36.8 Å². The number of anilines is 1. The summed E-state index contributed by atoms with van der Waals surface area (Å²) in [6, 6.07) is 4.01. The minimum absolute atomic E-state index is 0. The van der Waals surface area contributed by atoms with Gasteiger partial charge in [-0.3, -0.25) is 4.79 Å². The predicted molar refractivity (Wildman–Crippen MR) is 101 cm³/mol. The molecule has 2 fully saturated rings. The van der Waals surface area contributed by atoms with Crippen LogP contribution in [0, 0.1) is 5.92 Å². The maximum atomic E-state index is 12.1. The molecule has 1 aliphatic heterocycles. The van der Waals surface area contributed by atoms with Crippen LogP contribution >= 0.6 is 40.7 Å². The lowest BCUT2D eigenvalue weighted by molar-refractivity contribution is -0.130. The fourth-order valence-corrected chi connectivity index (χ4v) is 2.79. The zero-order chi connectivity index (χ0) is 14.7. The number of carbonyl (C=O) groups is 1. The summed E-state index contributed by atoms with van der Waals surface area (Å²) in [5.41, 5.74) is 0. The first-order chi connectivity index (χ1) is 10.2. The standard InChI is InChI=1S/C15H21BrN4O.2ClH/c16-13-3-4-14(18-10-13)19-5-7-20(8-6-19)15(21)11-17-9-12-1-2-12;;/h3-4,10,12,17H,1-2,5-9,11H2;2*1H. The summed E-state index contributed by atoms with van der Waals surface area (Å²) < 4.78 is 0.988. The van der Waals surface area contributed by atoms with Crippen molar-refractivity contribution in [2.24, 2.45) is 5.92 Å². The second-order valence-corrected chi connectivity index (χ2v) is 6.69. The van der Waals surface area contributed by atoms with Gasteiger partial charge in [-0.1, -0.05) is 0 Å². The van der Waals surface area contributed by atoms with Crippen LogP contribution in [-0.4, -0.2) is 55.1 Å². The number of hydrogen-bond acceptors (Lipinski definition) is 4. The highest BCUT2D eigenvalue weighted by Crippen LogP contribution is 2.27. The Labute approximate surface area is 158 Å². The molecule has 0 unspecified atom stereocenters. The van der Waals surface area contributed by atoms with Gasteiger partial charge < -0.3 is 15.1 Å². The molecule has 0 radical (unpaired) electrons. The summed E-state index contributed by atoms with van der Waals surface area (Å²) in [4.78, 5) is 20.7. The first kappa shape index (κ1) is 20.5. The lowest BCUT2D eigenvalue weighted by Crippen LogP contribution is -2.51. The normalized spacial score (nSPS) is 17.3. The summed E-state index contributed by atoms with van der Waals surface area (Å²) in [6.07, 6.45) is 4.45. The van der Waals surface area contributed by atoms with E-state index in [0.717, 1.165) is 48.9 Å². The largest absolute Gasteiger partial charge is 0.353 e. The fourth-order valence-electron chi connectivity index (χ4n) is 2.56. The SMILES string of the molecule is Cl.Cl.O=C(CNCC1CC1)N1CCN(c2ccc(Br)cn2)CC1. The Kier molecular flexibility index (Phi) is 8.61. The number of amides is 1. The molecule has 2 aliphatic rings. The second-order valence-electron chi connectivity index (χ2n) is 5.78. The van der Waals surface area contributed by atoms with E-state index in [1.165, 1.54) is 12.8 Å². The maximum Gasteiger partial charge on any atom is 0.236 e. The molecule has 1 N–H and O–H groups in total. The molecule has 23 heavy (non-hydrogen) atoms. The fraction of sp³-hybridized carbons (Fsp3) is 0.600. The van der Waals surface area contributed by atoms with Crippen LogP contribution in [0.2, 0.25) is 0 Å². The molecule has 2 heterocycles. The Hall–Kier alpha value is -0.560. The molecule has 5 nitrogen and oxygen atoms in total. The van der Waals surface area contributed by atoms with Crippen LogP contribution in [0.15, 0.2) is 22.8 Å². The molecule has 0 bridgehead atoms. The Bertz CT molecular complexity index is 491. The zero-order valence-corrected chi connectivity index (χ0v) is 16.1. The van der Waals surface area contributed by atoms with E-state index in [2.05, 4.69) is 31.1 Å². The maximum absolute atomic E-state index is 12.1. The number of rotatable bonds is 5. The first-order valence-corrected chi connectivity index (χ1v) is 8.36. The summed E-state index contributed by atoms with van der Waals surface area (Å²) in [6.45, 7) is 4.73. The van der Waals surface area contributed by atoms with Gasteiger partial charge in [0.15, 0.2) is 0 Å². The van der Waals surface area contributed by atoms with Crippen molar-refractivity contribution in [3.63, 3.8) is 0 Å². The number of carbonyl (C=O) groups excluding carboxylic acids is 1. The predicted octanol–water partition coefficient (Wildman–Crippen LogP) is 2.34. The van der Waals surface area contributed by atoms with Crippen molar-refractivity contribution in [1.29, 1.82) is 0 Å². The van der Waals surface area contributed by atoms with Gasteiger partial charge in [-0.05, 0) is 53.4 Å². The van der Waals surface area contributed by atoms with E-state index in [9.17, 15) is 4.79 Å². The van der Waals surface area contributed by atoms with Gasteiger partial charge in [0.25, 0.3) is 0 Å². The number of aromatic nitrogens is 1. The number of piperazine rings is 1.